The minimum absolute atomic E-state index is 0.0292. The van der Waals surface area contributed by atoms with E-state index < -0.39 is 0 Å². The molecule has 16 heavy (non-hydrogen) atoms. The van der Waals surface area contributed by atoms with E-state index in [-0.39, 0.29) is 12.2 Å². The Labute approximate surface area is 94.8 Å². The predicted molar refractivity (Wildman–Crippen MR) is 59.6 cm³/mol. The molecule has 0 aromatic heterocycles. The van der Waals surface area contributed by atoms with Gasteiger partial charge in [0.2, 0.25) is 0 Å². The molecule has 1 heterocycles. The first kappa shape index (κ1) is 10.8. The van der Waals surface area contributed by atoms with Gasteiger partial charge in [-0.1, -0.05) is 18.2 Å². The molecular weight excluding hydrogens is 206 g/mol. The smallest absolute Gasteiger partial charge is 0.409 e. The van der Waals surface area contributed by atoms with E-state index in [4.69, 9.17) is 4.74 Å². The summed E-state index contributed by atoms with van der Waals surface area (Å²) in [5.41, 5.74) is 1.20. The molecule has 0 unspecified atom stereocenters. The lowest BCUT2D eigenvalue weighted by molar-refractivity contribution is 0.112. The van der Waals surface area contributed by atoms with Crippen molar-refractivity contribution in [3.8, 4) is 5.75 Å². The maximum atomic E-state index is 11.2. The summed E-state index contributed by atoms with van der Waals surface area (Å²) in [6, 6.07) is 7.95. The zero-order chi connectivity index (χ0) is 11.5. The molecule has 4 nitrogen and oxygen atoms in total. The van der Waals surface area contributed by atoms with Crippen molar-refractivity contribution in [2.75, 3.05) is 20.7 Å². The fourth-order valence-corrected chi connectivity index (χ4v) is 1.89. The van der Waals surface area contributed by atoms with Gasteiger partial charge in [-0.05, 0) is 11.6 Å². The van der Waals surface area contributed by atoms with Gasteiger partial charge in [-0.15, -0.1) is 0 Å². The van der Waals surface area contributed by atoms with Crippen LogP contribution in [-0.4, -0.2) is 37.8 Å². The lowest BCUT2D eigenvalue weighted by atomic mass is 10.1. The number of amides is 1. The zero-order valence-electron chi connectivity index (χ0n) is 9.47. The van der Waals surface area contributed by atoms with Crippen LogP contribution >= 0.6 is 0 Å². The maximum absolute atomic E-state index is 11.2. The molecule has 0 aliphatic carbocycles. The summed E-state index contributed by atoms with van der Waals surface area (Å²) in [5, 5.41) is 0. The van der Waals surface area contributed by atoms with Gasteiger partial charge in [0.05, 0.1) is 13.7 Å². The molecule has 0 saturated carbocycles. The Kier molecular flexibility index (Phi) is 2.99. The third-order valence-corrected chi connectivity index (χ3v) is 2.68. The average molecular weight is 221 g/mol. The number of benzene rings is 1. The number of likely N-dealkylation sites (N-methyl/N-ethyl adjacent to an activating group) is 1. The number of carbonyl (C=O) groups excluding carboxylic acids is 1. The van der Waals surface area contributed by atoms with Crippen molar-refractivity contribution in [2.24, 2.45) is 0 Å². The quantitative estimate of drug-likeness (QED) is 0.762. The molecule has 1 aromatic carbocycles. The number of nitrogens with zero attached hydrogens (tertiary/aromatic N) is 1. The molecule has 1 aromatic rings. The van der Waals surface area contributed by atoms with Gasteiger partial charge < -0.3 is 14.4 Å². The standard InChI is InChI=1S/C12H15NO3/c1-13(12(14)15-2)8-10-7-9-5-3-4-6-11(9)16-10/h3-6,10H,7-8H2,1-2H3/t10-/m1/s1. The molecule has 1 atom stereocenters. The molecule has 0 spiro atoms. The van der Waals surface area contributed by atoms with Crippen LogP contribution in [0.1, 0.15) is 5.56 Å². The van der Waals surface area contributed by atoms with Crippen molar-refractivity contribution in [3.05, 3.63) is 29.8 Å². The monoisotopic (exact) mass is 221 g/mol. The summed E-state index contributed by atoms with van der Waals surface area (Å²) >= 11 is 0. The van der Waals surface area contributed by atoms with E-state index in [1.165, 1.54) is 17.6 Å². The van der Waals surface area contributed by atoms with Gasteiger partial charge >= 0.3 is 6.09 Å². The molecule has 2 rings (SSSR count). The summed E-state index contributed by atoms with van der Waals surface area (Å²) < 4.78 is 10.4. The largest absolute Gasteiger partial charge is 0.488 e. The number of hydrogen-bond acceptors (Lipinski definition) is 3. The number of methoxy groups -OCH3 is 1. The molecule has 0 saturated heterocycles. The second-order valence-electron chi connectivity index (χ2n) is 3.90. The molecule has 0 N–H and O–H groups in total. The van der Waals surface area contributed by atoms with E-state index in [1.54, 1.807) is 7.05 Å². The Hall–Kier alpha value is -1.71. The van der Waals surface area contributed by atoms with Crippen molar-refractivity contribution in [1.29, 1.82) is 0 Å². The molecular formula is C12H15NO3. The van der Waals surface area contributed by atoms with Crippen LogP contribution < -0.4 is 4.74 Å². The van der Waals surface area contributed by atoms with Gasteiger partial charge in [-0.3, -0.25) is 0 Å². The van der Waals surface area contributed by atoms with Crippen molar-refractivity contribution in [1.82, 2.24) is 4.90 Å². The predicted octanol–water partition coefficient (Wildman–Crippen LogP) is 1.69. The van der Waals surface area contributed by atoms with Crippen LogP contribution in [0.15, 0.2) is 24.3 Å². The highest BCUT2D eigenvalue weighted by molar-refractivity contribution is 5.67. The molecule has 0 radical (unpaired) electrons. The van der Waals surface area contributed by atoms with E-state index in [1.807, 2.05) is 24.3 Å². The van der Waals surface area contributed by atoms with E-state index in [9.17, 15) is 4.79 Å². The molecule has 0 bridgehead atoms. The lowest BCUT2D eigenvalue weighted by Crippen LogP contribution is -2.36. The first-order valence-corrected chi connectivity index (χ1v) is 5.24. The summed E-state index contributed by atoms with van der Waals surface area (Å²) in [6.07, 6.45) is 0.540. The van der Waals surface area contributed by atoms with E-state index in [0.717, 1.165) is 12.2 Å². The number of fused-ring (bicyclic) bond motifs is 1. The summed E-state index contributed by atoms with van der Waals surface area (Å²) in [4.78, 5) is 12.7. The van der Waals surface area contributed by atoms with Crippen molar-refractivity contribution in [3.63, 3.8) is 0 Å². The fraction of sp³-hybridized carbons (Fsp3) is 0.417. The van der Waals surface area contributed by atoms with Crippen molar-refractivity contribution in [2.45, 2.75) is 12.5 Å². The summed E-state index contributed by atoms with van der Waals surface area (Å²) in [5.74, 6) is 0.922. The zero-order valence-corrected chi connectivity index (χ0v) is 9.47. The minimum Gasteiger partial charge on any atom is -0.488 e. The second-order valence-corrected chi connectivity index (χ2v) is 3.90. The van der Waals surface area contributed by atoms with E-state index in [0.29, 0.717) is 6.54 Å². The van der Waals surface area contributed by atoms with Gasteiger partial charge in [0.1, 0.15) is 11.9 Å². The number of carbonyl (C=O) groups is 1. The minimum atomic E-state index is -0.334. The van der Waals surface area contributed by atoms with Crippen LogP contribution in [-0.2, 0) is 11.2 Å². The normalized spacial score (nSPS) is 17.5. The number of para-hydroxylation sites is 1. The Morgan fingerprint density at radius 2 is 2.31 bits per heavy atom. The first-order valence-electron chi connectivity index (χ1n) is 5.24. The highest BCUT2D eigenvalue weighted by atomic mass is 16.5. The number of ether oxygens (including phenoxy) is 2. The molecule has 1 amide bonds. The Bertz CT molecular complexity index is 367. The van der Waals surface area contributed by atoms with E-state index in [2.05, 4.69) is 4.74 Å². The van der Waals surface area contributed by atoms with Crippen LogP contribution in [0, 0.1) is 0 Å². The molecule has 86 valence electrons. The molecule has 0 fully saturated rings. The second kappa shape index (κ2) is 4.43. The van der Waals surface area contributed by atoms with Gasteiger partial charge in [-0.2, -0.15) is 0 Å². The highest BCUT2D eigenvalue weighted by Crippen LogP contribution is 2.28. The fourth-order valence-electron chi connectivity index (χ4n) is 1.89. The van der Waals surface area contributed by atoms with Crippen LogP contribution in [0.4, 0.5) is 4.79 Å². The summed E-state index contributed by atoms with van der Waals surface area (Å²) in [6.45, 7) is 0.543. The average Bonchev–Trinajstić information content (AvgIpc) is 2.69. The van der Waals surface area contributed by atoms with Crippen LogP contribution in [0.2, 0.25) is 0 Å². The molecule has 1 aliphatic heterocycles. The van der Waals surface area contributed by atoms with E-state index >= 15 is 0 Å². The van der Waals surface area contributed by atoms with Gasteiger partial charge in [0, 0.05) is 13.5 Å². The maximum Gasteiger partial charge on any atom is 0.409 e. The van der Waals surface area contributed by atoms with Crippen molar-refractivity contribution < 1.29 is 14.3 Å². The lowest BCUT2D eigenvalue weighted by Gasteiger charge is -2.19. The molecule has 1 aliphatic rings. The number of hydrogen-bond donors (Lipinski definition) is 0. The Balaban J connectivity index is 1.94. The summed E-state index contributed by atoms with van der Waals surface area (Å²) in [7, 11) is 3.08. The third kappa shape index (κ3) is 2.10. The van der Waals surface area contributed by atoms with Crippen LogP contribution in [0.3, 0.4) is 0 Å². The van der Waals surface area contributed by atoms with Gasteiger partial charge in [0.25, 0.3) is 0 Å². The Morgan fingerprint density at radius 1 is 1.56 bits per heavy atom. The van der Waals surface area contributed by atoms with Gasteiger partial charge in [0.15, 0.2) is 0 Å². The van der Waals surface area contributed by atoms with Crippen molar-refractivity contribution >= 4 is 6.09 Å². The topological polar surface area (TPSA) is 38.8 Å². The first-order chi connectivity index (χ1) is 7.70. The highest BCUT2D eigenvalue weighted by Gasteiger charge is 2.25. The van der Waals surface area contributed by atoms with Crippen LogP contribution in [0.25, 0.3) is 0 Å². The number of rotatable bonds is 2. The Morgan fingerprint density at radius 3 is 3.00 bits per heavy atom. The SMILES string of the molecule is COC(=O)N(C)C[C@H]1Cc2ccccc2O1. The third-order valence-electron chi connectivity index (χ3n) is 2.68. The van der Waals surface area contributed by atoms with Crippen LogP contribution in [0.5, 0.6) is 5.75 Å². The van der Waals surface area contributed by atoms with Gasteiger partial charge in [-0.25, -0.2) is 4.79 Å². The molecule has 4 heteroatoms.